The summed E-state index contributed by atoms with van der Waals surface area (Å²) < 4.78 is 0. The summed E-state index contributed by atoms with van der Waals surface area (Å²) in [5, 5.41) is 23.7. The van der Waals surface area contributed by atoms with E-state index >= 15 is 0 Å². The number of aliphatic carboxylic acids is 1. The first-order valence-corrected chi connectivity index (χ1v) is 11.0. The van der Waals surface area contributed by atoms with Gasteiger partial charge in [0, 0.05) is 35.8 Å². The van der Waals surface area contributed by atoms with Crippen molar-refractivity contribution < 1.29 is 24.7 Å². The second kappa shape index (κ2) is 5.91. The highest BCUT2D eigenvalue weighted by molar-refractivity contribution is 5.97. The van der Waals surface area contributed by atoms with E-state index in [1.165, 1.54) is 4.90 Å². The van der Waals surface area contributed by atoms with Gasteiger partial charge in [-0.05, 0) is 49.9 Å². The van der Waals surface area contributed by atoms with Crippen LogP contribution in [0, 0.1) is 34.5 Å². The predicted molar refractivity (Wildman–Crippen MR) is 103 cm³/mol. The van der Waals surface area contributed by atoms with Gasteiger partial charge >= 0.3 is 0 Å². The van der Waals surface area contributed by atoms with Gasteiger partial charge in [0.1, 0.15) is 5.60 Å². The number of quaternary nitrogens is 1. The smallest absolute Gasteiger partial charge is 0.293 e. The van der Waals surface area contributed by atoms with E-state index < -0.39 is 17.0 Å². The number of aliphatic hydroxyl groups is 1. The van der Waals surface area contributed by atoms with Crippen LogP contribution in [-0.2, 0) is 9.59 Å². The first-order chi connectivity index (χ1) is 13.8. The number of hydrogen-bond acceptors (Lipinski definition) is 5. The average Bonchev–Trinajstić information content (AvgIpc) is 3.06. The highest BCUT2D eigenvalue weighted by Gasteiger charge is 2.80. The zero-order valence-electron chi connectivity index (χ0n) is 17.2. The number of carboxylic acid groups (broad SMARTS) is 1. The Bertz CT molecular complexity index is 853. The number of allylic oxidation sites excluding steroid dienone is 1. The zero-order valence-corrected chi connectivity index (χ0v) is 17.2. The van der Waals surface area contributed by atoms with E-state index in [0.717, 1.165) is 44.3 Å². The molecule has 0 aromatic heterocycles. The molecule has 0 aromatic carbocycles. The monoisotopic (exact) mass is 401 g/mol. The third-order valence-electron chi connectivity index (χ3n) is 9.78. The summed E-state index contributed by atoms with van der Waals surface area (Å²) in [6, 6.07) is 0. The number of aldehydes is 1. The van der Waals surface area contributed by atoms with Crippen LogP contribution in [0.15, 0.2) is 16.1 Å². The Hall–Kier alpha value is -1.73. The van der Waals surface area contributed by atoms with Gasteiger partial charge in [-0.3, -0.25) is 9.69 Å². The van der Waals surface area contributed by atoms with Crippen LogP contribution in [0.3, 0.4) is 0 Å². The standard InChI is InChI=1S/C22H31N3O4/c1-12-3-4-14-9-15-17(18(27)28)21(29,11-26)16-6-5-13-7-8-25(19(23)24-2)10-20(13,14)22(12,15)16/h11-14,16,29H,3-10H2,1-2H3,(H2,23,24)(H,27,28). The Morgan fingerprint density at radius 1 is 1.28 bits per heavy atom. The van der Waals surface area contributed by atoms with Crippen LogP contribution in [-0.4, -0.2) is 49.1 Å². The molecule has 7 nitrogen and oxygen atoms in total. The molecular weight excluding hydrogens is 370 g/mol. The maximum absolute atomic E-state index is 12.2. The highest BCUT2D eigenvalue weighted by atomic mass is 16.4. The molecule has 0 radical (unpaired) electrons. The van der Waals surface area contributed by atoms with Gasteiger partial charge < -0.3 is 20.7 Å². The summed E-state index contributed by atoms with van der Waals surface area (Å²) in [5.41, 5.74) is 4.44. The largest absolute Gasteiger partial charge is 0.545 e. The van der Waals surface area contributed by atoms with E-state index in [1.807, 2.05) is 0 Å². The quantitative estimate of drug-likeness (QED) is 0.300. The molecule has 5 aliphatic rings. The number of carbonyl (C=O) groups excluding carboxylic acids is 2. The number of nitrogens with one attached hydrogen (secondary N) is 1. The molecule has 0 aromatic rings. The van der Waals surface area contributed by atoms with Crippen molar-refractivity contribution >= 4 is 18.2 Å². The Morgan fingerprint density at radius 3 is 2.66 bits per heavy atom. The maximum atomic E-state index is 12.2. The van der Waals surface area contributed by atoms with Crippen LogP contribution in [0.5, 0.6) is 0 Å². The van der Waals surface area contributed by atoms with Crippen molar-refractivity contribution in [3.8, 4) is 0 Å². The summed E-state index contributed by atoms with van der Waals surface area (Å²) in [6.45, 7) is 3.94. The molecule has 4 aliphatic carbocycles. The maximum Gasteiger partial charge on any atom is 0.293 e. The van der Waals surface area contributed by atoms with Crippen molar-refractivity contribution in [3.63, 3.8) is 0 Å². The number of likely N-dealkylation sites (tertiary alicyclic amines) is 1. The minimum atomic E-state index is -1.94. The number of nitrogens with two attached hydrogens (primary N) is 1. The second-order valence-electron chi connectivity index (χ2n) is 10.1. The van der Waals surface area contributed by atoms with Crippen LogP contribution >= 0.6 is 0 Å². The third-order valence-corrected chi connectivity index (χ3v) is 9.78. The van der Waals surface area contributed by atoms with Gasteiger partial charge in [-0.15, -0.1) is 0 Å². The van der Waals surface area contributed by atoms with Gasteiger partial charge in [-0.1, -0.05) is 12.5 Å². The predicted octanol–water partition coefficient (Wildman–Crippen LogP) is -1.34. The van der Waals surface area contributed by atoms with Crippen molar-refractivity contribution in [2.45, 2.75) is 51.0 Å². The van der Waals surface area contributed by atoms with E-state index in [-0.39, 0.29) is 22.8 Å². The first-order valence-electron chi connectivity index (χ1n) is 11.0. The summed E-state index contributed by atoms with van der Waals surface area (Å²) in [5.74, 6) is -0.109. The van der Waals surface area contributed by atoms with Gasteiger partial charge in [0.25, 0.3) is 5.96 Å². The lowest BCUT2D eigenvalue weighted by Crippen LogP contribution is -3.19. The summed E-state index contributed by atoms with van der Waals surface area (Å²) >= 11 is 0. The van der Waals surface area contributed by atoms with Crippen LogP contribution in [0.4, 0.5) is 0 Å². The van der Waals surface area contributed by atoms with Crippen LogP contribution in [0.1, 0.15) is 45.4 Å². The molecule has 7 heteroatoms. The van der Waals surface area contributed by atoms with E-state index in [2.05, 4.69) is 11.9 Å². The van der Waals surface area contributed by atoms with Gasteiger partial charge in [0.2, 0.25) is 0 Å². The first kappa shape index (κ1) is 19.2. The number of piperidine rings is 1. The molecule has 0 amide bonds. The molecule has 4 N–H and O–H groups in total. The van der Waals surface area contributed by atoms with Gasteiger partial charge in [-0.25, -0.2) is 4.99 Å². The fourth-order valence-corrected chi connectivity index (χ4v) is 9.14. The number of aliphatic imine (C=N–C) groups is 1. The van der Waals surface area contributed by atoms with Gasteiger partial charge in [-0.2, -0.15) is 0 Å². The molecule has 5 rings (SSSR count). The molecule has 2 spiro atoms. The molecule has 8 atom stereocenters. The fraction of sp³-hybridized carbons (Fsp3) is 0.773. The van der Waals surface area contributed by atoms with E-state index in [1.54, 1.807) is 7.05 Å². The molecule has 8 unspecified atom stereocenters. The topological polar surface area (TPSA) is 120 Å². The highest BCUT2D eigenvalue weighted by Crippen LogP contribution is 2.80. The number of carboxylic acids is 1. The van der Waals surface area contributed by atoms with E-state index in [9.17, 15) is 19.8 Å². The van der Waals surface area contributed by atoms with E-state index in [4.69, 9.17) is 5.73 Å². The van der Waals surface area contributed by atoms with Gasteiger partial charge in [0.15, 0.2) is 6.29 Å². The van der Waals surface area contributed by atoms with Crippen LogP contribution in [0.2, 0.25) is 0 Å². The zero-order chi connectivity index (χ0) is 20.8. The van der Waals surface area contributed by atoms with Crippen LogP contribution in [0.25, 0.3) is 0 Å². The summed E-state index contributed by atoms with van der Waals surface area (Å²) in [7, 11) is 1.71. The lowest BCUT2D eigenvalue weighted by molar-refractivity contribution is -0.829. The Labute approximate surface area is 171 Å². The Balaban J connectivity index is 1.79. The average molecular weight is 402 g/mol. The minimum Gasteiger partial charge on any atom is -0.545 e. The number of rotatable bonds is 2. The Kier molecular flexibility index (Phi) is 3.92. The van der Waals surface area contributed by atoms with Crippen molar-refractivity contribution in [2.24, 2.45) is 45.2 Å². The normalized spacial score (nSPS) is 50.9. The molecule has 4 fully saturated rings. The van der Waals surface area contributed by atoms with Crippen molar-refractivity contribution in [2.75, 3.05) is 20.1 Å². The molecular formula is C22H31N3O4. The lowest BCUT2D eigenvalue weighted by Gasteiger charge is -2.65. The number of hydrogen-bond donors (Lipinski definition) is 3. The molecule has 1 aliphatic heterocycles. The van der Waals surface area contributed by atoms with Crippen molar-refractivity contribution in [1.29, 1.82) is 0 Å². The third kappa shape index (κ3) is 1.90. The number of guanidine groups is 1. The molecule has 1 saturated heterocycles. The van der Waals surface area contributed by atoms with Gasteiger partial charge in [0.05, 0.1) is 19.1 Å². The molecule has 1 heterocycles. The number of carbonyl (C=O) groups is 2. The van der Waals surface area contributed by atoms with Crippen molar-refractivity contribution in [3.05, 3.63) is 11.1 Å². The molecule has 3 saturated carbocycles. The lowest BCUT2D eigenvalue weighted by atomic mass is 9.39. The Morgan fingerprint density at radius 2 is 2.00 bits per heavy atom. The summed E-state index contributed by atoms with van der Waals surface area (Å²) in [4.78, 5) is 29.9. The molecule has 158 valence electrons. The minimum absolute atomic E-state index is 0.113. The number of nitrogens with zero attached hydrogens (tertiary/aromatic N) is 1. The SMILES string of the molecule is CN=C(N)[NH+]1CCC2CCC3C(O)(C=O)C(C(=O)[O-])=C4CC5CCC(C)C43C25C1. The van der Waals surface area contributed by atoms with Crippen molar-refractivity contribution in [1.82, 2.24) is 0 Å². The van der Waals surface area contributed by atoms with Crippen LogP contribution < -0.4 is 15.7 Å². The summed E-state index contributed by atoms with van der Waals surface area (Å²) in [6.07, 6.45) is 5.85. The van der Waals surface area contributed by atoms with E-state index in [0.29, 0.717) is 36.9 Å². The molecule has 29 heavy (non-hydrogen) atoms. The molecule has 2 bridgehead atoms. The second-order valence-corrected chi connectivity index (χ2v) is 10.1. The fourth-order valence-electron chi connectivity index (χ4n) is 9.14.